The quantitative estimate of drug-likeness (QED) is 0.690. The number of rotatable bonds is 2. The lowest BCUT2D eigenvalue weighted by molar-refractivity contribution is -0.0930. The van der Waals surface area contributed by atoms with Gasteiger partial charge in [-0.2, -0.15) is 0 Å². The van der Waals surface area contributed by atoms with E-state index in [4.69, 9.17) is 0 Å². The number of urea groups is 1. The first kappa shape index (κ1) is 11.9. The van der Waals surface area contributed by atoms with Gasteiger partial charge in [-0.25, -0.2) is 4.79 Å². The number of nitrogens with zero attached hydrogens (tertiary/aromatic N) is 1. The molecule has 0 radical (unpaired) electrons. The molecule has 1 aromatic carbocycles. The first-order chi connectivity index (χ1) is 8.09. The van der Waals surface area contributed by atoms with Gasteiger partial charge in [-0.3, -0.25) is 4.90 Å². The van der Waals surface area contributed by atoms with Gasteiger partial charge in [-0.05, 0) is 12.5 Å². The number of benzene rings is 1. The molecule has 0 aliphatic carbocycles. The van der Waals surface area contributed by atoms with Crippen LogP contribution in [0.4, 0.5) is 4.79 Å². The summed E-state index contributed by atoms with van der Waals surface area (Å²) in [6.07, 6.45) is -2.14. The smallest absolute Gasteiger partial charge is 0.320 e. The number of amides is 2. The molecule has 1 aliphatic rings. The average molecular weight is 236 g/mol. The van der Waals surface area contributed by atoms with Crippen LogP contribution in [0.25, 0.3) is 0 Å². The van der Waals surface area contributed by atoms with Crippen molar-refractivity contribution in [1.29, 1.82) is 0 Å². The van der Waals surface area contributed by atoms with E-state index in [1.54, 1.807) is 6.92 Å². The van der Waals surface area contributed by atoms with Gasteiger partial charge in [-0.1, -0.05) is 30.3 Å². The van der Waals surface area contributed by atoms with Crippen molar-refractivity contribution in [1.82, 2.24) is 10.2 Å². The lowest BCUT2D eigenvalue weighted by atomic mass is 10.1. The minimum Gasteiger partial charge on any atom is -0.386 e. The monoisotopic (exact) mass is 236 g/mol. The highest BCUT2D eigenvalue weighted by atomic mass is 16.4. The minimum atomic E-state index is -1.17. The Morgan fingerprint density at radius 1 is 1.29 bits per heavy atom. The van der Waals surface area contributed by atoms with Gasteiger partial charge in [0.15, 0.2) is 6.23 Å². The van der Waals surface area contributed by atoms with Crippen molar-refractivity contribution in [3.05, 3.63) is 35.9 Å². The third-order valence-electron chi connectivity index (χ3n) is 2.94. The van der Waals surface area contributed by atoms with Crippen LogP contribution in [0.2, 0.25) is 0 Å². The zero-order chi connectivity index (χ0) is 12.4. The Balaban J connectivity index is 2.12. The Bertz CT molecular complexity index is 396. The molecule has 5 heteroatoms. The Morgan fingerprint density at radius 2 is 1.94 bits per heavy atom. The molecule has 17 heavy (non-hydrogen) atoms. The molecule has 92 valence electrons. The molecule has 1 aliphatic heterocycles. The predicted octanol–water partition coefficient (Wildman–Crippen LogP) is 0.280. The van der Waals surface area contributed by atoms with Gasteiger partial charge in [0.1, 0.15) is 6.10 Å². The molecule has 5 nitrogen and oxygen atoms in total. The van der Waals surface area contributed by atoms with E-state index >= 15 is 0 Å². The van der Waals surface area contributed by atoms with Gasteiger partial charge < -0.3 is 15.5 Å². The van der Waals surface area contributed by atoms with Crippen molar-refractivity contribution in [3.8, 4) is 0 Å². The first-order valence-corrected chi connectivity index (χ1v) is 5.57. The Hall–Kier alpha value is -1.59. The van der Waals surface area contributed by atoms with Crippen LogP contribution in [0.3, 0.4) is 0 Å². The molecule has 3 atom stereocenters. The van der Waals surface area contributed by atoms with Crippen LogP contribution < -0.4 is 5.32 Å². The topological polar surface area (TPSA) is 72.8 Å². The van der Waals surface area contributed by atoms with Gasteiger partial charge >= 0.3 is 6.03 Å². The highest BCUT2D eigenvalue weighted by Gasteiger charge is 2.37. The fraction of sp³-hybridized carbons (Fsp3) is 0.417. The van der Waals surface area contributed by atoms with E-state index in [9.17, 15) is 15.0 Å². The van der Waals surface area contributed by atoms with E-state index in [2.05, 4.69) is 5.32 Å². The van der Waals surface area contributed by atoms with Crippen LogP contribution in [0, 0.1) is 0 Å². The fourth-order valence-electron chi connectivity index (χ4n) is 1.87. The van der Waals surface area contributed by atoms with Crippen LogP contribution in [-0.2, 0) is 6.54 Å². The van der Waals surface area contributed by atoms with E-state index in [1.165, 1.54) is 4.90 Å². The number of aliphatic hydroxyl groups is 2. The number of hydrogen-bond donors (Lipinski definition) is 3. The molecule has 0 saturated carbocycles. The van der Waals surface area contributed by atoms with E-state index < -0.39 is 18.4 Å². The normalized spacial score (nSPS) is 29.0. The van der Waals surface area contributed by atoms with Crippen molar-refractivity contribution >= 4 is 6.03 Å². The molecule has 2 amide bonds. The summed E-state index contributed by atoms with van der Waals surface area (Å²) in [5.74, 6) is 0. The fourth-order valence-corrected chi connectivity index (χ4v) is 1.87. The molecule has 2 rings (SSSR count). The SMILES string of the molecule is CC1NC(=O)N(Cc2ccccc2)C(O)C1O. The molecule has 3 N–H and O–H groups in total. The molecule has 1 fully saturated rings. The van der Waals surface area contributed by atoms with Crippen LogP contribution in [0.15, 0.2) is 30.3 Å². The highest BCUT2D eigenvalue weighted by molar-refractivity contribution is 5.75. The second kappa shape index (κ2) is 4.73. The number of nitrogens with one attached hydrogen (secondary N) is 1. The second-order valence-corrected chi connectivity index (χ2v) is 4.26. The molecule has 3 unspecified atom stereocenters. The summed E-state index contributed by atoms with van der Waals surface area (Å²) in [6, 6.07) is 8.54. The highest BCUT2D eigenvalue weighted by Crippen LogP contribution is 2.16. The first-order valence-electron chi connectivity index (χ1n) is 5.57. The van der Waals surface area contributed by atoms with Crippen molar-refractivity contribution in [2.75, 3.05) is 0 Å². The summed E-state index contributed by atoms with van der Waals surface area (Å²) in [5.41, 5.74) is 0.906. The van der Waals surface area contributed by atoms with Crippen molar-refractivity contribution in [2.24, 2.45) is 0 Å². The van der Waals surface area contributed by atoms with Gasteiger partial charge in [-0.15, -0.1) is 0 Å². The van der Waals surface area contributed by atoms with Gasteiger partial charge in [0.2, 0.25) is 0 Å². The number of aliphatic hydroxyl groups excluding tert-OH is 2. The summed E-state index contributed by atoms with van der Waals surface area (Å²) < 4.78 is 0. The number of carbonyl (C=O) groups is 1. The maximum absolute atomic E-state index is 11.7. The predicted molar refractivity (Wildman–Crippen MR) is 62.0 cm³/mol. The largest absolute Gasteiger partial charge is 0.386 e. The summed E-state index contributed by atoms with van der Waals surface area (Å²) in [7, 11) is 0. The van der Waals surface area contributed by atoms with Crippen LogP contribution in [0.5, 0.6) is 0 Å². The van der Waals surface area contributed by atoms with E-state index in [0.717, 1.165) is 5.56 Å². The Morgan fingerprint density at radius 3 is 2.59 bits per heavy atom. The van der Waals surface area contributed by atoms with E-state index in [-0.39, 0.29) is 12.6 Å². The lowest BCUT2D eigenvalue weighted by Gasteiger charge is -2.39. The standard InChI is InChI=1S/C12H16N2O3/c1-8-10(15)11(16)14(12(17)13-8)7-9-5-3-2-4-6-9/h2-6,8,10-11,15-16H,7H2,1H3,(H,13,17). The zero-order valence-electron chi connectivity index (χ0n) is 9.58. The summed E-state index contributed by atoms with van der Waals surface area (Å²) in [5, 5.41) is 22.2. The van der Waals surface area contributed by atoms with Gasteiger partial charge in [0, 0.05) is 0 Å². The summed E-state index contributed by atoms with van der Waals surface area (Å²) in [6.45, 7) is 1.93. The van der Waals surface area contributed by atoms with Crippen LogP contribution in [0.1, 0.15) is 12.5 Å². The van der Waals surface area contributed by atoms with Gasteiger partial charge in [0.05, 0.1) is 12.6 Å². The molecule has 1 heterocycles. The summed E-state index contributed by atoms with van der Waals surface area (Å²) >= 11 is 0. The molecule has 0 spiro atoms. The van der Waals surface area contributed by atoms with Gasteiger partial charge in [0.25, 0.3) is 0 Å². The Labute approximate surface area is 99.7 Å². The maximum Gasteiger partial charge on any atom is 0.320 e. The molecule has 1 aromatic rings. The lowest BCUT2D eigenvalue weighted by Crippen LogP contribution is -2.63. The average Bonchev–Trinajstić information content (AvgIpc) is 2.33. The number of hydrogen-bond acceptors (Lipinski definition) is 3. The Kier molecular flexibility index (Phi) is 3.31. The third-order valence-corrected chi connectivity index (χ3v) is 2.94. The maximum atomic E-state index is 11.7. The van der Waals surface area contributed by atoms with E-state index in [1.807, 2.05) is 30.3 Å². The summed E-state index contributed by atoms with van der Waals surface area (Å²) in [4.78, 5) is 12.9. The second-order valence-electron chi connectivity index (χ2n) is 4.26. The molecule has 0 bridgehead atoms. The number of carbonyl (C=O) groups excluding carboxylic acids is 1. The van der Waals surface area contributed by atoms with Crippen molar-refractivity contribution in [3.63, 3.8) is 0 Å². The molecular formula is C12H16N2O3. The minimum absolute atomic E-state index is 0.275. The zero-order valence-corrected chi connectivity index (χ0v) is 9.58. The molecule has 1 saturated heterocycles. The van der Waals surface area contributed by atoms with E-state index in [0.29, 0.717) is 0 Å². The molecular weight excluding hydrogens is 220 g/mol. The van der Waals surface area contributed by atoms with Crippen molar-refractivity contribution in [2.45, 2.75) is 31.8 Å². The van der Waals surface area contributed by atoms with Crippen LogP contribution in [-0.4, -0.2) is 39.5 Å². The molecule has 0 aromatic heterocycles. The van der Waals surface area contributed by atoms with Crippen molar-refractivity contribution < 1.29 is 15.0 Å². The third kappa shape index (κ3) is 2.40. The van der Waals surface area contributed by atoms with Crippen LogP contribution >= 0.6 is 0 Å².